The third-order valence-corrected chi connectivity index (χ3v) is 4.10. The molecule has 6 heteroatoms. The van der Waals surface area contributed by atoms with Gasteiger partial charge in [0.25, 0.3) is 0 Å². The molecule has 0 atom stereocenters. The van der Waals surface area contributed by atoms with Gasteiger partial charge in [-0.3, -0.25) is 4.79 Å². The summed E-state index contributed by atoms with van der Waals surface area (Å²) < 4.78 is 24.1. The molecule has 0 aliphatic carbocycles. The predicted molar refractivity (Wildman–Crippen MR) is 67.0 cm³/mol. The molecule has 0 spiro atoms. The first kappa shape index (κ1) is 14.4. The Hall–Kier alpha value is -0.620. The van der Waals surface area contributed by atoms with E-state index in [-0.39, 0.29) is 17.4 Å². The summed E-state index contributed by atoms with van der Waals surface area (Å²) in [5.74, 6) is -0.0297. The molecule has 17 heavy (non-hydrogen) atoms. The Bertz CT molecular complexity index is 376. The highest BCUT2D eigenvalue weighted by Crippen LogP contribution is 2.20. The molecule has 1 fully saturated rings. The van der Waals surface area contributed by atoms with E-state index in [1.165, 1.54) is 10.6 Å². The van der Waals surface area contributed by atoms with E-state index in [0.717, 1.165) is 0 Å². The molecule has 100 valence electrons. The number of nitrogens with zero attached hydrogens (tertiary/aromatic N) is 1. The fourth-order valence-corrected chi connectivity index (χ4v) is 2.80. The van der Waals surface area contributed by atoms with Crippen LogP contribution in [0, 0.1) is 5.92 Å². The average molecular weight is 262 g/mol. The Labute approximate surface area is 104 Å². The van der Waals surface area contributed by atoms with E-state index in [1.54, 1.807) is 0 Å². The number of carbonyl (C=O) groups excluding carboxylic acids is 1. The Morgan fingerprint density at radius 2 is 1.71 bits per heavy atom. The van der Waals surface area contributed by atoms with Crippen molar-refractivity contribution in [2.24, 2.45) is 5.92 Å². The summed E-state index contributed by atoms with van der Waals surface area (Å²) in [7, 11) is -3.11. The molecule has 1 saturated heterocycles. The van der Waals surface area contributed by atoms with Crippen LogP contribution in [0.3, 0.4) is 0 Å². The molecule has 1 rings (SSSR count). The zero-order chi connectivity index (χ0) is 13.3. The fourth-order valence-electron chi connectivity index (χ4n) is 1.92. The smallest absolute Gasteiger partial charge is 0.223 e. The lowest BCUT2D eigenvalue weighted by Gasteiger charge is -2.31. The summed E-state index contributed by atoms with van der Waals surface area (Å²) in [5, 5.41) is 2.94. The van der Waals surface area contributed by atoms with E-state index in [2.05, 4.69) is 5.32 Å². The van der Waals surface area contributed by atoms with E-state index in [4.69, 9.17) is 0 Å². The molecule has 1 N–H and O–H groups in total. The van der Waals surface area contributed by atoms with Crippen molar-refractivity contribution in [2.75, 3.05) is 19.3 Å². The van der Waals surface area contributed by atoms with Gasteiger partial charge in [0.05, 0.1) is 6.26 Å². The van der Waals surface area contributed by atoms with E-state index in [1.807, 2.05) is 20.8 Å². The largest absolute Gasteiger partial charge is 0.351 e. The van der Waals surface area contributed by atoms with Crippen molar-refractivity contribution in [2.45, 2.75) is 39.2 Å². The lowest BCUT2D eigenvalue weighted by molar-refractivity contribution is -0.127. The van der Waals surface area contributed by atoms with Gasteiger partial charge in [-0.15, -0.1) is 0 Å². The lowest BCUT2D eigenvalue weighted by Crippen LogP contribution is -2.47. The standard InChI is InChI=1S/C11H22N2O3S/c1-11(2,3)12-10(14)9-5-7-13(8-6-9)17(4,15)16/h9H,5-8H2,1-4H3,(H,12,14). The van der Waals surface area contributed by atoms with Crippen molar-refractivity contribution in [3.05, 3.63) is 0 Å². The van der Waals surface area contributed by atoms with Crippen LogP contribution in [-0.2, 0) is 14.8 Å². The number of carbonyl (C=O) groups is 1. The van der Waals surface area contributed by atoms with Crippen LogP contribution in [0.5, 0.6) is 0 Å². The Morgan fingerprint density at radius 1 is 1.24 bits per heavy atom. The molecule has 0 aromatic heterocycles. The van der Waals surface area contributed by atoms with Gasteiger partial charge in [0.15, 0.2) is 0 Å². The topological polar surface area (TPSA) is 66.5 Å². The molecule has 1 heterocycles. The quantitative estimate of drug-likeness (QED) is 0.791. The maximum absolute atomic E-state index is 11.9. The first-order valence-electron chi connectivity index (χ1n) is 5.87. The number of rotatable bonds is 2. The van der Waals surface area contributed by atoms with Crippen molar-refractivity contribution in [1.82, 2.24) is 9.62 Å². The van der Waals surface area contributed by atoms with Gasteiger partial charge in [0, 0.05) is 24.5 Å². The molecule has 0 unspecified atom stereocenters. The lowest BCUT2D eigenvalue weighted by atomic mass is 9.96. The van der Waals surface area contributed by atoms with Gasteiger partial charge < -0.3 is 5.32 Å². The fraction of sp³-hybridized carbons (Fsp3) is 0.909. The van der Waals surface area contributed by atoms with Gasteiger partial charge in [-0.25, -0.2) is 12.7 Å². The van der Waals surface area contributed by atoms with Crippen LogP contribution in [0.1, 0.15) is 33.6 Å². The normalized spacial score (nSPS) is 20.2. The van der Waals surface area contributed by atoms with Crippen molar-refractivity contribution < 1.29 is 13.2 Å². The van der Waals surface area contributed by atoms with Gasteiger partial charge in [-0.1, -0.05) is 0 Å². The minimum absolute atomic E-state index is 0.0330. The maximum atomic E-state index is 11.9. The summed E-state index contributed by atoms with van der Waals surface area (Å²) in [6.07, 6.45) is 2.42. The van der Waals surface area contributed by atoms with Gasteiger partial charge in [-0.05, 0) is 33.6 Å². The SMILES string of the molecule is CC(C)(C)NC(=O)C1CCN(S(C)(=O)=O)CC1. The van der Waals surface area contributed by atoms with Crippen molar-refractivity contribution in [3.63, 3.8) is 0 Å². The van der Waals surface area contributed by atoms with Crippen LogP contribution in [0.2, 0.25) is 0 Å². The van der Waals surface area contributed by atoms with Crippen molar-refractivity contribution in [1.29, 1.82) is 0 Å². The third kappa shape index (κ3) is 4.63. The van der Waals surface area contributed by atoms with E-state index >= 15 is 0 Å². The number of amides is 1. The van der Waals surface area contributed by atoms with Crippen LogP contribution in [0.15, 0.2) is 0 Å². The molecule has 0 saturated carbocycles. The number of sulfonamides is 1. The van der Waals surface area contributed by atoms with Gasteiger partial charge in [0.1, 0.15) is 0 Å². The molecule has 1 aliphatic rings. The van der Waals surface area contributed by atoms with E-state index < -0.39 is 10.0 Å². The highest BCUT2D eigenvalue weighted by atomic mass is 32.2. The zero-order valence-electron chi connectivity index (χ0n) is 11.0. The molecule has 0 radical (unpaired) electrons. The zero-order valence-corrected chi connectivity index (χ0v) is 11.8. The summed E-state index contributed by atoms with van der Waals surface area (Å²) in [4.78, 5) is 11.9. The molecule has 5 nitrogen and oxygen atoms in total. The second kappa shape index (κ2) is 4.94. The van der Waals surface area contributed by atoms with E-state index in [9.17, 15) is 13.2 Å². The molecule has 1 aliphatic heterocycles. The average Bonchev–Trinajstić information content (AvgIpc) is 2.14. The second-order valence-electron chi connectivity index (χ2n) is 5.68. The molecule has 0 aromatic rings. The minimum Gasteiger partial charge on any atom is -0.351 e. The number of nitrogens with one attached hydrogen (secondary N) is 1. The summed E-state index contributed by atoms with van der Waals surface area (Å²) >= 11 is 0. The van der Waals surface area contributed by atoms with Crippen LogP contribution in [-0.4, -0.2) is 43.5 Å². The van der Waals surface area contributed by atoms with Crippen LogP contribution in [0.25, 0.3) is 0 Å². The summed E-state index contributed by atoms with van der Waals surface area (Å²) in [6.45, 7) is 6.71. The first-order chi connectivity index (χ1) is 7.59. The first-order valence-corrected chi connectivity index (χ1v) is 7.71. The number of hydrogen-bond donors (Lipinski definition) is 1. The maximum Gasteiger partial charge on any atom is 0.223 e. The third-order valence-electron chi connectivity index (χ3n) is 2.79. The van der Waals surface area contributed by atoms with Gasteiger partial charge >= 0.3 is 0 Å². The molecular formula is C11H22N2O3S. The van der Waals surface area contributed by atoms with Gasteiger partial charge in [-0.2, -0.15) is 0 Å². The molecular weight excluding hydrogens is 240 g/mol. The monoisotopic (exact) mass is 262 g/mol. The van der Waals surface area contributed by atoms with Crippen LogP contribution >= 0.6 is 0 Å². The van der Waals surface area contributed by atoms with Crippen LogP contribution < -0.4 is 5.32 Å². The summed E-state index contributed by atoms with van der Waals surface area (Å²) in [5.41, 5.74) is -0.231. The van der Waals surface area contributed by atoms with Crippen LogP contribution in [0.4, 0.5) is 0 Å². The number of hydrogen-bond acceptors (Lipinski definition) is 3. The predicted octanol–water partition coefficient (Wildman–Crippen LogP) is 0.573. The van der Waals surface area contributed by atoms with Gasteiger partial charge in [0.2, 0.25) is 15.9 Å². The highest BCUT2D eigenvalue weighted by molar-refractivity contribution is 7.88. The minimum atomic E-state index is -3.11. The Morgan fingerprint density at radius 3 is 2.06 bits per heavy atom. The van der Waals surface area contributed by atoms with Crippen molar-refractivity contribution >= 4 is 15.9 Å². The molecule has 0 bridgehead atoms. The molecule has 1 amide bonds. The van der Waals surface area contributed by atoms with Crippen molar-refractivity contribution in [3.8, 4) is 0 Å². The Balaban J connectivity index is 2.50. The Kier molecular flexibility index (Phi) is 4.19. The summed E-state index contributed by atoms with van der Waals surface area (Å²) in [6, 6.07) is 0. The number of piperidine rings is 1. The highest BCUT2D eigenvalue weighted by Gasteiger charge is 2.30. The second-order valence-corrected chi connectivity index (χ2v) is 7.66. The molecule has 0 aromatic carbocycles. The van der Waals surface area contributed by atoms with E-state index in [0.29, 0.717) is 25.9 Å².